The van der Waals surface area contributed by atoms with Crippen molar-refractivity contribution in [3.8, 4) is 11.3 Å². The van der Waals surface area contributed by atoms with Crippen LogP contribution in [-0.4, -0.2) is 30.1 Å². The molecule has 0 aliphatic heterocycles. The summed E-state index contributed by atoms with van der Waals surface area (Å²) in [5.41, 5.74) is 1.70. The number of ketones is 1. The number of rotatable bonds is 12. The Morgan fingerprint density at radius 1 is 0.857 bits per heavy atom. The van der Waals surface area contributed by atoms with Gasteiger partial charge in [-0.3, -0.25) is 9.78 Å². The summed E-state index contributed by atoms with van der Waals surface area (Å²) in [7, 11) is -2.34. The summed E-state index contributed by atoms with van der Waals surface area (Å²) in [5.74, 6) is 0.547. The molecule has 3 nitrogen and oxygen atoms in total. The fourth-order valence-electron chi connectivity index (χ4n) is 7.23. The number of benzene rings is 3. The maximum Gasteiger partial charge on any atom is 0.394 e. The molecule has 1 radical (unpaired) electrons. The van der Waals surface area contributed by atoms with Crippen molar-refractivity contribution >= 4 is 55.7 Å². The molecule has 5 aromatic rings. The first-order valence-electron chi connectivity index (χ1n) is 19.6. The minimum Gasteiger partial charge on any atom is -0.512 e. The largest absolute Gasteiger partial charge is 0.512 e. The van der Waals surface area contributed by atoms with Crippen LogP contribution >= 0.6 is 11.3 Å². The average Bonchev–Trinajstić information content (AvgIpc) is 3.50. The number of carbonyl (C=O) groups excluding carboxylic acids is 1. The van der Waals surface area contributed by atoms with Gasteiger partial charge in [0.2, 0.25) is 0 Å². The summed E-state index contributed by atoms with van der Waals surface area (Å²) in [6.45, 7) is 21.8. The average molecular weight is 979 g/mol. The van der Waals surface area contributed by atoms with E-state index in [9.17, 15) is 23.1 Å². The predicted molar refractivity (Wildman–Crippen MR) is 231 cm³/mol. The molecule has 2 heterocycles. The monoisotopic (exact) mass is 979 g/mol. The Labute approximate surface area is 351 Å². The Kier molecular flexibility index (Phi) is 16.1. The number of fused-ring (bicyclic) bond motifs is 2. The quantitative estimate of drug-likeness (QED) is 0.0586. The number of pyridine rings is 1. The molecule has 0 unspecified atom stereocenters. The molecule has 305 valence electrons. The zero-order valence-electron chi connectivity index (χ0n) is 34.9. The Morgan fingerprint density at radius 2 is 1.43 bits per heavy atom. The van der Waals surface area contributed by atoms with Gasteiger partial charge in [0.25, 0.3) is 0 Å². The van der Waals surface area contributed by atoms with Crippen LogP contribution < -0.4 is 9.69 Å². The fourth-order valence-corrected chi connectivity index (χ4v) is 12.2. The zero-order valence-corrected chi connectivity index (χ0v) is 39.1. The van der Waals surface area contributed by atoms with Crippen LogP contribution in [0.25, 0.3) is 32.1 Å². The number of thiophene rings is 1. The topological polar surface area (TPSA) is 50.2 Å². The van der Waals surface area contributed by atoms with Crippen LogP contribution in [0.15, 0.2) is 84.8 Å². The van der Waals surface area contributed by atoms with Crippen LogP contribution in [-0.2, 0) is 36.7 Å². The number of hydrogen-bond acceptors (Lipinski definition) is 4. The molecule has 5 rings (SSSR count). The molecule has 0 amide bonds. The minimum atomic E-state index is -4.32. The second-order valence-corrected chi connectivity index (χ2v) is 22.6. The summed E-state index contributed by atoms with van der Waals surface area (Å²) in [6, 6.07) is 26.2. The Balaban J connectivity index is 0.000000448. The number of halogens is 3. The number of carbonyl (C=O) groups is 1. The predicted octanol–water partition coefficient (Wildman–Crippen LogP) is 13.0. The summed E-state index contributed by atoms with van der Waals surface area (Å²) >= 11 is 1.63. The van der Waals surface area contributed by atoms with Gasteiger partial charge in [0, 0.05) is 54.6 Å². The molecule has 0 spiro atoms. The van der Waals surface area contributed by atoms with Gasteiger partial charge in [0.1, 0.15) is 8.07 Å². The first kappa shape index (κ1) is 47.3. The van der Waals surface area contributed by atoms with Gasteiger partial charge in [0.05, 0.1) is 11.2 Å². The molecule has 56 heavy (non-hydrogen) atoms. The smallest absolute Gasteiger partial charge is 0.394 e. The standard InChI is InChI=1S/C34H35F3NSSi.C13H24O2.Ir/c1-32(2,3)28-20-23(19-22-13-11-12-16-25(22)28)29-30-26(17-18-38-29)27(21-33(4,5)34(35,36)37)31(39-30)40(6,7)24-14-9-8-10-15-24;1-5-10(6-2)12(14)9-13(15)11(7-3)8-4;/h8-18,20H,21H2,1-7H3;9-11,14H,5-8H2,1-4H3;/q-1;;/b;12-9-;. The summed E-state index contributed by atoms with van der Waals surface area (Å²) < 4.78 is 44.7. The Morgan fingerprint density at radius 3 is 1.98 bits per heavy atom. The normalized spacial score (nSPS) is 12.9. The molecular weight excluding hydrogens is 920 g/mol. The van der Waals surface area contributed by atoms with Crippen LogP contribution in [0.4, 0.5) is 13.2 Å². The fraction of sp³-hybridized carbons (Fsp3) is 0.447. The molecule has 0 bridgehead atoms. The maximum absolute atomic E-state index is 14.2. The van der Waals surface area contributed by atoms with Gasteiger partial charge in [0.15, 0.2) is 5.78 Å². The van der Waals surface area contributed by atoms with Crippen molar-refractivity contribution in [2.24, 2.45) is 17.3 Å². The van der Waals surface area contributed by atoms with Crippen LogP contribution in [0, 0.1) is 23.3 Å². The van der Waals surface area contributed by atoms with Crippen molar-refractivity contribution in [2.45, 2.75) is 119 Å². The van der Waals surface area contributed by atoms with Crippen molar-refractivity contribution in [1.29, 1.82) is 0 Å². The van der Waals surface area contributed by atoms with Crippen LogP contribution in [0.5, 0.6) is 0 Å². The van der Waals surface area contributed by atoms with E-state index in [0.29, 0.717) is 0 Å². The number of nitrogens with zero attached hydrogens (tertiary/aromatic N) is 1. The third-order valence-electron chi connectivity index (χ3n) is 11.1. The molecule has 0 aliphatic rings. The van der Waals surface area contributed by atoms with E-state index < -0.39 is 19.7 Å². The van der Waals surface area contributed by atoms with E-state index >= 15 is 0 Å². The summed E-state index contributed by atoms with van der Waals surface area (Å²) in [4.78, 5) is 16.5. The number of aromatic nitrogens is 1. The molecule has 0 aliphatic carbocycles. The van der Waals surface area contributed by atoms with Gasteiger partial charge in [-0.1, -0.05) is 140 Å². The second-order valence-electron chi connectivity index (χ2n) is 16.9. The molecule has 0 atom stereocenters. The minimum absolute atomic E-state index is 0. The molecule has 2 aromatic heterocycles. The Hall–Kier alpha value is -3.10. The van der Waals surface area contributed by atoms with Gasteiger partial charge in [-0.2, -0.15) is 24.5 Å². The number of hydrogen-bond donors (Lipinski definition) is 1. The van der Waals surface area contributed by atoms with E-state index in [-0.39, 0.29) is 55.3 Å². The molecule has 0 fully saturated rings. The van der Waals surface area contributed by atoms with Crippen molar-refractivity contribution < 1.29 is 43.2 Å². The first-order valence-corrected chi connectivity index (χ1v) is 23.5. The number of aliphatic hydroxyl groups is 1. The molecule has 0 saturated heterocycles. The zero-order chi connectivity index (χ0) is 40.9. The SMILES string of the molecule is CC(C)(C)c1cc(-c2nccc3c(CC(C)(C)C(F)(F)F)c([Si](C)(C)c4ccccc4)sc23)[c-]c2ccccc12.CCC(CC)C(=O)/C=C(\O)C(CC)CC.[Ir]. The third-order valence-corrected chi connectivity index (χ3v) is 17.2. The Bertz CT molecular complexity index is 2110. The van der Waals surface area contributed by atoms with Crippen molar-refractivity contribution in [1.82, 2.24) is 4.98 Å². The molecule has 1 N–H and O–H groups in total. The van der Waals surface area contributed by atoms with E-state index in [1.807, 2.05) is 64.1 Å². The maximum atomic E-state index is 14.2. The summed E-state index contributed by atoms with van der Waals surface area (Å²) in [6.07, 6.45) is 2.26. The van der Waals surface area contributed by atoms with E-state index in [1.54, 1.807) is 17.5 Å². The molecule has 3 aromatic carbocycles. The number of aliphatic hydroxyl groups excluding tert-OH is 1. The van der Waals surface area contributed by atoms with Gasteiger partial charge in [-0.05, 0) is 59.0 Å². The van der Waals surface area contributed by atoms with Gasteiger partial charge >= 0.3 is 6.18 Å². The number of alkyl halides is 3. The molecule has 0 saturated carbocycles. The van der Waals surface area contributed by atoms with Gasteiger partial charge < -0.3 is 5.11 Å². The van der Waals surface area contributed by atoms with Crippen molar-refractivity contribution in [3.63, 3.8) is 0 Å². The third kappa shape index (κ3) is 10.5. The molecular formula is C47H59F3IrNO2SSi-. The van der Waals surface area contributed by atoms with Crippen LogP contribution in [0.2, 0.25) is 13.1 Å². The van der Waals surface area contributed by atoms with E-state index in [2.05, 4.69) is 70.3 Å². The van der Waals surface area contributed by atoms with Crippen molar-refractivity contribution in [2.75, 3.05) is 0 Å². The van der Waals surface area contributed by atoms with Crippen LogP contribution in [0.3, 0.4) is 0 Å². The van der Waals surface area contributed by atoms with Gasteiger partial charge in [-0.15, -0.1) is 29.1 Å². The van der Waals surface area contributed by atoms with Crippen molar-refractivity contribution in [3.05, 3.63) is 102 Å². The van der Waals surface area contributed by atoms with E-state index in [4.69, 9.17) is 4.98 Å². The van der Waals surface area contributed by atoms with E-state index in [1.165, 1.54) is 30.7 Å². The second kappa shape index (κ2) is 19.1. The van der Waals surface area contributed by atoms with Gasteiger partial charge in [-0.25, -0.2) is 0 Å². The van der Waals surface area contributed by atoms with E-state index in [0.717, 1.165) is 67.9 Å². The molecule has 9 heteroatoms. The number of allylic oxidation sites excluding steroid dienone is 2. The summed E-state index contributed by atoms with van der Waals surface area (Å²) in [5, 5.41) is 14.0. The van der Waals surface area contributed by atoms with Crippen LogP contribution in [0.1, 0.15) is 99.1 Å². The first-order chi connectivity index (χ1) is 25.7.